The lowest BCUT2D eigenvalue weighted by atomic mass is 10.0. The van der Waals surface area contributed by atoms with Crippen LogP contribution in [0.25, 0.3) is 0 Å². The van der Waals surface area contributed by atoms with E-state index in [1.54, 1.807) is 14.2 Å². The number of hydrogen-bond acceptors (Lipinski definition) is 5. The van der Waals surface area contributed by atoms with Gasteiger partial charge in [0.05, 0.1) is 26.0 Å². The van der Waals surface area contributed by atoms with Gasteiger partial charge in [-0.05, 0) is 38.0 Å². The Morgan fingerprint density at radius 1 is 1.24 bits per heavy atom. The first kappa shape index (κ1) is 17.7. The molecule has 2 atom stereocenters. The van der Waals surface area contributed by atoms with E-state index in [1.807, 2.05) is 38.2 Å². The van der Waals surface area contributed by atoms with Gasteiger partial charge in [-0.25, -0.2) is 0 Å². The molecule has 5 heteroatoms. The van der Waals surface area contributed by atoms with Gasteiger partial charge in [-0.15, -0.1) is 0 Å². The van der Waals surface area contributed by atoms with Crippen molar-refractivity contribution >= 4 is 0 Å². The van der Waals surface area contributed by atoms with E-state index in [-0.39, 0.29) is 12.1 Å². The van der Waals surface area contributed by atoms with E-state index in [0.29, 0.717) is 13.1 Å². The number of benzene rings is 1. The van der Waals surface area contributed by atoms with Crippen LogP contribution in [0.2, 0.25) is 0 Å². The van der Waals surface area contributed by atoms with Crippen LogP contribution in [0, 0.1) is 13.8 Å². The maximum Gasteiger partial charge on any atom is 0.128 e. The predicted molar refractivity (Wildman–Crippen MR) is 97.0 cm³/mol. The van der Waals surface area contributed by atoms with Crippen molar-refractivity contribution in [3.63, 3.8) is 0 Å². The van der Waals surface area contributed by atoms with Crippen LogP contribution in [-0.2, 0) is 6.54 Å². The number of pyridine rings is 1. The summed E-state index contributed by atoms with van der Waals surface area (Å²) in [5.74, 6) is 1.73. The van der Waals surface area contributed by atoms with Gasteiger partial charge in [0, 0.05) is 36.5 Å². The largest absolute Gasteiger partial charge is 0.497 e. The van der Waals surface area contributed by atoms with E-state index >= 15 is 0 Å². The highest BCUT2D eigenvalue weighted by Gasteiger charge is 2.33. The third-order valence-electron chi connectivity index (χ3n) is 4.96. The molecular weight excluding hydrogens is 316 g/mol. The number of aliphatic hydroxyl groups excluding tert-OH is 1. The van der Waals surface area contributed by atoms with Gasteiger partial charge in [-0.1, -0.05) is 12.1 Å². The van der Waals surface area contributed by atoms with Gasteiger partial charge in [0.2, 0.25) is 0 Å². The number of aromatic nitrogens is 1. The number of aryl methyl sites for hydroxylation is 1. The molecule has 1 fully saturated rings. The normalized spacial score (nSPS) is 20.7. The van der Waals surface area contributed by atoms with Crippen molar-refractivity contribution in [2.75, 3.05) is 20.8 Å². The summed E-state index contributed by atoms with van der Waals surface area (Å²) in [5.41, 5.74) is 4.25. The molecule has 1 N–H and O–H groups in total. The standard InChI is InChI=1S/C20H26N2O3/c1-13-10-21-18(14(2)20(13)25-4)12-22-11-16(23)9-19(22)15-6-5-7-17(8-15)24-3/h5-8,10,16,19,23H,9,11-12H2,1-4H3. The molecule has 1 aliphatic rings. The molecule has 2 heterocycles. The molecule has 25 heavy (non-hydrogen) atoms. The summed E-state index contributed by atoms with van der Waals surface area (Å²) in [5, 5.41) is 10.2. The highest BCUT2D eigenvalue weighted by molar-refractivity contribution is 5.41. The number of nitrogens with zero attached hydrogens (tertiary/aromatic N) is 2. The second-order valence-corrected chi connectivity index (χ2v) is 6.66. The Morgan fingerprint density at radius 2 is 2.04 bits per heavy atom. The van der Waals surface area contributed by atoms with E-state index in [2.05, 4.69) is 16.0 Å². The van der Waals surface area contributed by atoms with Crippen LogP contribution < -0.4 is 9.47 Å². The number of rotatable bonds is 5. The van der Waals surface area contributed by atoms with Crippen molar-refractivity contribution in [3.8, 4) is 11.5 Å². The van der Waals surface area contributed by atoms with Crippen molar-refractivity contribution in [2.24, 2.45) is 0 Å². The van der Waals surface area contributed by atoms with E-state index in [1.165, 1.54) is 0 Å². The molecule has 1 aromatic carbocycles. The number of aliphatic hydroxyl groups is 1. The number of ether oxygens (including phenoxy) is 2. The smallest absolute Gasteiger partial charge is 0.128 e. The maximum atomic E-state index is 10.2. The Morgan fingerprint density at radius 3 is 2.76 bits per heavy atom. The third-order valence-corrected chi connectivity index (χ3v) is 4.96. The molecule has 0 radical (unpaired) electrons. The van der Waals surface area contributed by atoms with E-state index in [0.717, 1.165) is 40.3 Å². The lowest BCUT2D eigenvalue weighted by Gasteiger charge is -2.25. The quantitative estimate of drug-likeness (QED) is 0.905. The molecule has 2 unspecified atom stereocenters. The molecular formula is C20H26N2O3. The van der Waals surface area contributed by atoms with Gasteiger partial charge in [-0.2, -0.15) is 0 Å². The average Bonchev–Trinajstić information content (AvgIpc) is 2.98. The van der Waals surface area contributed by atoms with Gasteiger partial charge in [0.1, 0.15) is 11.5 Å². The molecule has 5 nitrogen and oxygen atoms in total. The Kier molecular flexibility index (Phi) is 5.25. The van der Waals surface area contributed by atoms with Crippen molar-refractivity contribution in [3.05, 3.63) is 52.8 Å². The Balaban J connectivity index is 1.88. The van der Waals surface area contributed by atoms with Crippen LogP contribution in [0.15, 0.2) is 30.5 Å². The van der Waals surface area contributed by atoms with Gasteiger partial charge in [-0.3, -0.25) is 9.88 Å². The fraction of sp³-hybridized carbons (Fsp3) is 0.450. The summed E-state index contributed by atoms with van der Waals surface area (Å²) in [6.07, 6.45) is 2.24. The van der Waals surface area contributed by atoms with Gasteiger partial charge < -0.3 is 14.6 Å². The predicted octanol–water partition coefficient (Wildman–Crippen LogP) is 3.02. The lowest BCUT2D eigenvalue weighted by Crippen LogP contribution is -2.25. The Labute approximate surface area is 149 Å². The van der Waals surface area contributed by atoms with Gasteiger partial charge in [0.25, 0.3) is 0 Å². The molecule has 0 saturated carbocycles. The molecule has 0 aliphatic carbocycles. The van der Waals surface area contributed by atoms with Crippen molar-refractivity contribution in [2.45, 2.75) is 39.0 Å². The van der Waals surface area contributed by atoms with Crippen molar-refractivity contribution < 1.29 is 14.6 Å². The van der Waals surface area contributed by atoms with Crippen LogP contribution in [0.4, 0.5) is 0 Å². The monoisotopic (exact) mass is 342 g/mol. The van der Waals surface area contributed by atoms with Gasteiger partial charge in [0.15, 0.2) is 0 Å². The van der Waals surface area contributed by atoms with Crippen LogP contribution in [-0.4, -0.2) is 41.9 Å². The zero-order valence-electron chi connectivity index (χ0n) is 15.3. The summed E-state index contributed by atoms with van der Waals surface area (Å²) in [4.78, 5) is 6.89. The zero-order valence-corrected chi connectivity index (χ0v) is 15.3. The third kappa shape index (κ3) is 3.62. The average molecular weight is 342 g/mol. The molecule has 134 valence electrons. The summed E-state index contributed by atoms with van der Waals surface area (Å²) in [6.45, 7) is 5.36. The van der Waals surface area contributed by atoms with E-state index in [4.69, 9.17) is 9.47 Å². The maximum absolute atomic E-state index is 10.2. The topological polar surface area (TPSA) is 54.8 Å². The molecule has 2 aromatic rings. The summed E-state index contributed by atoms with van der Waals surface area (Å²) >= 11 is 0. The first-order valence-corrected chi connectivity index (χ1v) is 8.58. The van der Waals surface area contributed by atoms with Crippen molar-refractivity contribution in [1.82, 2.24) is 9.88 Å². The van der Waals surface area contributed by atoms with E-state index in [9.17, 15) is 5.11 Å². The molecule has 0 amide bonds. The lowest BCUT2D eigenvalue weighted by molar-refractivity contribution is 0.172. The Hall–Kier alpha value is -2.11. The van der Waals surface area contributed by atoms with Gasteiger partial charge >= 0.3 is 0 Å². The number of β-amino-alcohol motifs (C(OH)–C–C–N with tert-alkyl or cyclic N) is 1. The summed E-state index contributed by atoms with van der Waals surface area (Å²) in [7, 11) is 3.37. The molecule has 1 aromatic heterocycles. The summed E-state index contributed by atoms with van der Waals surface area (Å²) < 4.78 is 10.9. The summed E-state index contributed by atoms with van der Waals surface area (Å²) in [6, 6.07) is 8.23. The Bertz CT molecular complexity index is 748. The zero-order chi connectivity index (χ0) is 18.0. The number of methoxy groups -OCH3 is 2. The second-order valence-electron chi connectivity index (χ2n) is 6.66. The van der Waals surface area contributed by atoms with Crippen LogP contribution in [0.1, 0.15) is 34.8 Å². The fourth-order valence-electron chi connectivity index (χ4n) is 3.67. The molecule has 1 saturated heterocycles. The minimum absolute atomic E-state index is 0.151. The number of hydrogen-bond donors (Lipinski definition) is 1. The van der Waals surface area contributed by atoms with E-state index < -0.39 is 0 Å². The fourth-order valence-corrected chi connectivity index (χ4v) is 3.67. The number of likely N-dealkylation sites (tertiary alicyclic amines) is 1. The molecule has 0 bridgehead atoms. The highest BCUT2D eigenvalue weighted by Crippen LogP contribution is 2.35. The first-order valence-electron chi connectivity index (χ1n) is 8.58. The minimum Gasteiger partial charge on any atom is -0.497 e. The van der Waals surface area contributed by atoms with Crippen molar-refractivity contribution in [1.29, 1.82) is 0 Å². The SMILES string of the molecule is COc1cccc(C2CC(O)CN2Cc2ncc(C)c(OC)c2C)c1. The molecule has 0 spiro atoms. The minimum atomic E-state index is -0.330. The molecule has 1 aliphatic heterocycles. The van der Waals surface area contributed by atoms with Crippen LogP contribution >= 0.6 is 0 Å². The first-order chi connectivity index (χ1) is 12.0. The van der Waals surface area contributed by atoms with Crippen LogP contribution in [0.3, 0.4) is 0 Å². The molecule has 3 rings (SSSR count). The highest BCUT2D eigenvalue weighted by atomic mass is 16.5. The second kappa shape index (κ2) is 7.42. The van der Waals surface area contributed by atoms with Crippen LogP contribution in [0.5, 0.6) is 11.5 Å².